The van der Waals surface area contributed by atoms with Gasteiger partial charge in [-0.2, -0.15) is 0 Å². The van der Waals surface area contributed by atoms with Crippen LogP contribution in [0.2, 0.25) is 0 Å². The van der Waals surface area contributed by atoms with Gasteiger partial charge in [-0.15, -0.1) is 12.4 Å². The molecule has 0 bridgehead atoms. The highest BCUT2D eigenvalue weighted by atomic mass is 35.5. The maximum atomic E-state index is 11.7. The van der Waals surface area contributed by atoms with E-state index in [1.807, 2.05) is 0 Å². The highest BCUT2D eigenvalue weighted by molar-refractivity contribution is 5.94. The highest BCUT2D eigenvalue weighted by Crippen LogP contribution is 2.24. The van der Waals surface area contributed by atoms with Gasteiger partial charge in [0.1, 0.15) is 5.75 Å². The van der Waals surface area contributed by atoms with Crippen molar-refractivity contribution in [3.8, 4) is 5.75 Å². The Bertz CT molecular complexity index is 395. The largest absolute Gasteiger partial charge is 0.497 e. The molecular formula is C13H21ClN2O2. The number of carbonyl (C=O) groups is 1. The lowest BCUT2D eigenvalue weighted by atomic mass is 10.1. The van der Waals surface area contributed by atoms with E-state index in [1.54, 1.807) is 25.3 Å². The van der Waals surface area contributed by atoms with Crippen LogP contribution in [-0.2, 0) is 4.79 Å². The van der Waals surface area contributed by atoms with E-state index in [1.165, 1.54) is 0 Å². The summed E-state index contributed by atoms with van der Waals surface area (Å²) >= 11 is 0. The molecule has 0 saturated carbocycles. The van der Waals surface area contributed by atoms with Crippen LogP contribution in [0.5, 0.6) is 5.75 Å². The molecule has 0 heterocycles. The fraction of sp³-hybridized carbons (Fsp3) is 0.462. The average Bonchev–Trinajstić information content (AvgIpc) is 2.29. The highest BCUT2D eigenvalue weighted by Gasteiger charge is 2.07. The number of methoxy groups -OCH3 is 1. The minimum absolute atomic E-state index is 0. The van der Waals surface area contributed by atoms with E-state index in [9.17, 15) is 4.79 Å². The first-order valence-electron chi connectivity index (χ1n) is 5.76. The first kappa shape index (κ1) is 16.6. The third kappa shape index (κ3) is 5.27. The Morgan fingerprint density at radius 1 is 1.44 bits per heavy atom. The smallest absolute Gasteiger partial charge is 0.224 e. The molecule has 0 saturated heterocycles. The quantitative estimate of drug-likeness (QED) is 0.810. The number of carbonyl (C=O) groups excluding carboxylic acids is 1. The summed E-state index contributed by atoms with van der Waals surface area (Å²) in [6.45, 7) is 4.18. The monoisotopic (exact) mass is 272 g/mol. The summed E-state index contributed by atoms with van der Waals surface area (Å²) in [5, 5.41) is 2.80. The molecular weight excluding hydrogens is 252 g/mol. The molecule has 18 heavy (non-hydrogen) atoms. The zero-order valence-electron chi connectivity index (χ0n) is 11.0. The second-order valence-corrected chi connectivity index (χ2v) is 4.43. The minimum Gasteiger partial charge on any atom is -0.497 e. The van der Waals surface area contributed by atoms with Gasteiger partial charge in [0.05, 0.1) is 18.5 Å². The number of anilines is 2. The molecule has 0 aliphatic rings. The van der Waals surface area contributed by atoms with Crippen LogP contribution in [-0.4, -0.2) is 13.0 Å². The van der Waals surface area contributed by atoms with E-state index < -0.39 is 0 Å². The standard InChI is InChI=1S/C13H20N2O2.ClH/c1-9(2)4-7-13(16)15-12-8-10(17-3)5-6-11(12)14;/h5-6,8-9H,4,7,14H2,1-3H3,(H,15,16);1H. The van der Waals surface area contributed by atoms with E-state index in [0.717, 1.165) is 6.42 Å². The van der Waals surface area contributed by atoms with Crippen LogP contribution >= 0.6 is 12.4 Å². The Kier molecular flexibility index (Phi) is 7.20. The Labute approximate surface area is 114 Å². The van der Waals surface area contributed by atoms with Gasteiger partial charge in [0.2, 0.25) is 5.91 Å². The molecule has 0 atom stereocenters. The van der Waals surface area contributed by atoms with Crippen molar-refractivity contribution in [2.24, 2.45) is 5.92 Å². The van der Waals surface area contributed by atoms with Gasteiger partial charge >= 0.3 is 0 Å². The normalized spacial score (nSPS) is 9.78. The lowest BCUT2D eigenvalue weighted by Gasteiger charge is -2.10. The number of hydrogen-bond acceptors (Lipinski definition) is 3. The van der Waals surface area contributed by atoms with Crippen LogP contribution in [0.15, 0.2) is 18.2 Å². The summed E-state index contributed by atoms with van der Waals surface area (Å²) in [5.41, 5.74) is 6.93. The SMILES string of the molecule is COc1ccc(N)c(NC(=O)CCC(C)C)c1.Cl. The van der Waals surface area contributed by atoms with Gasteiger partial charge in [-0.1, -0.05) is 13.8 Å². The number of benzene rings is 1. The first-order chi connectivity index (χ1) is 8.02. The maximum absolute atomic E-state index is 11.7. The van der Waals surface area contributed by atoms with Crippen LogP contribution in [0.3, 0.4) is 0 Å². The van der Waals surface area contributed by atoms with Crippen molar-refractivity contribution < 1.29 is 9.53 Å². The average molecular weight is 273 g/mol. The topological polar surface area (TPSA) is 64.3 Å². The number of halogens is 1. The van der Waals surface area contributed by atoms with Crippen molar-refractivity contribution in [3.05, 3.63) is 18.2 Å². The Balaban J connectivity index is 0.00000289. The predicted molar refractivity (Wildman–Crippen MR) is 77.4 cm³/mol. The van der Waals surface area contributed by atoms with Gasteiger partial charge in [-0.25, -0.2) is 0 Å². The molecule has 0 aromatic heterocycles. The third-order valence-corrected chi connectivity index (χ3v) is 2.48. The number of nitrogens with two attached hydrogens (primary N) is 1. The Hall–Kier alpha value is -1.42. The number of hydrogen-bond donors (Lipinski definition) is 2. The summed E-state index contributed by atoms with van der Waals surface area (Å²) in [5.74, 6) is 1.18. The number of nitrogen functional groups attached to an aromatic ring is 1. The molecule has 1 rings (SSSR count). The fourth-order valence-electron chi connectivity index (χ4n) is 1.40. The molecule has 102 valence electrons. The van der Waals surface area contributed by atoms with Crippen molar-refractivity contribution in [1.82, 2.24) is 0 Å². The maximum Gasteiger partial charge on any atom is 0.224 e. The van der Waals surface area contributed by atoms with E-state index in [2.05, 4.69) is 19.2 Å². The van der Waals surface area contributed by atoms with E-state index in [0.29, 0.717) is 29.5 Å². The second kappa shape index (κ2) is 7.82. The van der Waals surface area contributed by atoms with Crippen molar-refractivity contribution in [1.29, 1.82) is 0 Å². The molecule has 0 aliphatic carbocycles. The lowest BCUT2D eigenvalue weighted by Crippen LogP contribution is -2.13. The molecule has 1 amide bonds. The number of nitrogens with one attached hydrogen (secondary N) is 1. The van der Waals surface area contributed by atoms with E-state index >= 15 is 0 Å². The molecule has 1 aromatic carbocycles. The minimum atomic E-state index is -0.0151. The molecule has 3 N–H and O–H groups in total. The zero-order valence-corrected chi connectivity index (χ0v) is 11.8. The van der Waals surface area contributed by atoms with Gasteiger partial charge in [-0.3, -0.25) is 4.79 Å². The van der Waals surface area contributed by atoms with Crippen LogP contribution in [0.25, 0.3) is 0 Å². The molecule has 0 unspecified atom stereocenters. The molecule has 5 heteroatoms. The fourth-order valence-corrected chi connectivity index (χ4v) is 1.40. The number of rotatable bonds is 5. The molecule has 4 nitrogen and oxygen atoms in total. The van der Waals surface area contributed by atoms with Gasteiger partial charge < -0.3 is 15.8 Å². The van der Waals surface area contributed by atoms with Crippen LogP contribution < -0.4 is 15.8 Å². The zero-order chi connectivity index (χ0) is 12.8. The van der Waals surface area contributed by atoms with E-state index in [-0.39, 0.29) is 18.3 Å². The van der Waals surface area contributed by atoms with Gasteiger partial charge in [-0.05, 0) is 24.5 Å². The Morgan fingerprint density at radius 3 is 2.67 bits per heavy atom. The third-order valence-electron chi connectivity index (χ3n) is 2.48. The molecule has 1 aromatic rings. The number of ether oxygens (including phenoxy) is 1. The van der Waals surface area contributed by atoms with Crippen molar-refractivity contribution >= 4 is 29.7 Å². The second-order valence-electron chi connectivity index (χ2n) is 4.43. The predicted octanol–water partition coefficient (Wildman–Crippen LogP) is 3.07. The molecule has 0 spiro atoms. The Morgan fingerprint density at radius 2 is 2.11 bits per heavy atom. The van der Waals surface area contributed by atoms with Gasteiger partial charge in [0.15, 0.2) is 0 Å². The summed E-state index contributed by atoms with van der Waals surface area (Å²) in [7, 11) is 1.58. The molecule has 0 fully saturated rings. The summed E-state index contributed by atoms with van der Waals surface area (Å²) < 4.78 is 5.08. The first-order valence-corrected chi connectivity index (χ1v) is 5.76. The summed E-state index contributed by atoms with van der Waals surface area (Å²) in [4.78, 5) is 11.7. The van der Waals surface area contributed by atoms with Crippen molar-refractivity contribution in [2.45, 2.75) is 26.7 Å². The molecule has 0 aliphatic heterocycles. The number of amides is 1. The van der Waals surface area contributed by atoms with Crippen molar-refractivity contribution in [3.63, 3.8) is 0 Å². The van der Waals surface area contributed by atoms with Crippen LogP contribution in [0.1, 0.15) is 26.7 Å². The molecule has 0 radical (unpaired) electrons. The van der Waals surface area contributed by atoms with Gasteiger partial charge in [0.25, 0.3) is 0 Å². The van der Waals surface area contributed by atoms with E-state index in [4.69, 9.17) is 10.5 Å². The van der Waals surface area contributed by atoms with Crippen molar-refractivity contribution in [2.75, 3.05) is 18.2 Å². The lowest BCUT2D eigenvalue weighted by molar-refractivity contribution is -0.116. The van der Waals surface area contributed by atoms with Crippen LogP contribution in [0, 0.1) is 5.92 Å². The van der Waals surface area contributed by atoms with Crippen LogP contribution in [0.4, 0.5) is 11.4 Å². The summed E-state index contributed by atoms with van der Waals surface area (Å²) in [6, 6.07) is 5.21. The van der Waals surface area contributed by atoms with Gasteiger partial charge in [0, 0.05) is 12.5 Å². The summed E-state index contributed by atoms with van der Waals surface area (Å²) in [6.07, 6.45) is 1.38.